The van der Waals surface area contributed by atoms with Crippen LogP contribution in [-0.4, -0.2) is 47.5 Å². The molecule has 0 bridgehead atoms. The van der Waals surface area contributed by atoms with E-state index in [0.29, 0.717) is 13.0 Å². The third kappa shape index (κ3) is 3.77. The van der Waals surface area contributed by atoms with Gasteiger partial charge in [-0.15, -0.1) is 0 Å². The number of rotatable bonds is 4. The average Bonchev–Trinajstić information content (AvgIpc) is 2.60. The molecule has 0 saturated carbocycles. The first kappa shape index (κ1) is 12.4. The van der Waals surface area contributed by atoms with Gasteiger partial charge in [-0.05, 0) is 12.3 Å². The van der Waals surface area contributed by atoms with Crippen LogP contribution < -0.4 is 10.6 Å². The smallest absolute Gasteiger partial charge is 0.237 e. The van der Waals surface area contributed by atoms with Gasteiger partial charge in [-0.25, -0.2) is 0 Å². The molecule has 3 unspecified atom stereocenters. The Morgan fingerprint density at radius 3 is 2.73 bits per heavy atom. The Labute approximate surface area is 89.9 Å². The molecule has 1 fully saturated rings. The molecule has 4 N–H and O–H groups in total. The van der Waals surface area contributed by atoms with Crippen molar-refractivity contribution in [2.45, 2.75) is 38.5 Å². The maximum atomic E-state index is 11.5. The highest BCUT2D eigenvalue weighted by Crippen LogP contribution is 2.06. The van der Waals surface area contributed by atoms with Crippen molar-refractivity contribution in [2.24, 2.45) is 5.92 Å². The number of nitrogens with one attached hydrogen (secondary N) is 2. The minimum Gasteiger partial charge on any atom is -0.392 e. The van der Waals surface area contributed by atoms with Crippen molar-refractivity contribution in [3.63, 3.8) is 0 Å². The van der Waals surface area contributed by atoms with Gasteiger partial charge in [0.1, 0.15) is 0 Å². The zero-order valence-corrected chi connectivity index (χ0v) is 9.23. The Balaban J connectivity index is 2.24. The van der Waals surface area contributed by atoms with Crippen LogP contribution in [0.5, 0.6) is 0 Å². The van der Waals surface area contributed by atoms with E-state index in [2.05, 4.69) is 10.6 Å². The van der Waals surface area contributed by atoms with Crippen molar-refractivity contribution >= 4 is 5.91 Å². The highest BCUT2D eigenvalue weighted by molar-refractivity contribution is 5.82. The van der Waals surface area contributed by atoms with Crippen molar-refractivity contribution in [2.75, 3.05) is 13.1 Å². The van der Waals surface area contributed by atoms with Gasteiger partial charge in [0.15, 0.2) is 0 Å². The number of aliphatic hydroxyl groups is 2. The summed E-state index contributed by atoms with van der Waals surface area (Å²) in [6, 6.07) is -0.320. The van der Waals surface area contributed by atoms with Gasteiger partial charge in [-0.1, -0.05) is 13.8 Å². The predicted octanol–water partition coefficient (Wildman–Crippen LogP) is -1.16. The molecule has 5 heteroatoms. The molecule has 0 aromatic carbocycles. The van der Waals surface area contributed by atoms with E-state index in [1.807, 2.05) is 13.8 Å². The van der Waals surface area contributed by atoms with E-state index in [9.17, 15) is 15.0 Å². The maximum absolute atomic E-state index is 11.5. The average molecular weight is 216 g/mol. The normalized spacial score (nSPS) is 28.1. The molecule has 0 aromatic rings. The maximum Gasteiger partial charge on any atom is 0.237 e. The topological polar surface area (TPSA) is 81.6 Å². The molecule has 88 valence electrons. The fourth-order valence-corrected chi connectivity index (χ4v) is 1.48. The SMILES string of the molecule is CC(C)C(O)CNC(=O)C1CC(O)CN1. The summed E-state index contributed by atoms with van der Waals surface area (Å²) in [4.78, 5) is 11.5. The summed E-state index contributed by atoms with van der Waals surface area (Å²) in [6.45, 7) is 4.53. The molecule has 0 aliphatic carbocycles. The van der Waals surface area contributed by atoms with Gasteiger partial charge in [-0.3, -0.25) is 4.79 Å². The summed E-state index contributed by atoms with van der Waals surface area (Å²) in [6.07, 6.45) is -0.500. The van der Waals surface area contributed by atoms with Gasteiger partial charge in [0.2, 0.25) is 5.91 Å². The van der Waals surface area contributed by atoms with E-state index < -0.39 is 12.2 Å². The molecule has 1 rings (SSSR count). The number of β-amino-alcohol motifs (C(OH)–C–C–N with tert-alkyl or cyclic N) is 1. The molecular weight excluding hydrogens is 196 g/mol. The van der Waals surface area contributed by atoms with Gasteiger partial charge in [0.25, 0.3) is 0 Å². The van der Waals surface area contributed by atoms with Crippen LogP contribution in [0.1, 0.15) is 20.3 Å². The third-order valence-electron chi connectivity index (χ3n) is 2.68. The summed E-state index contributed by atoms with van der Waals surface area (Å²) < 4.78 is 0. The second-order valence-corrected chi connectivity index (χ2v) is 4.41. The fourth-order valence-electron chi connectivity index (χ4n) is 1.48. The van der Waals surface area contributed by atoms with E-state index in [1.54, 1.807) is 0 Å². The van der Waals surface area contributed by atoms with Crippen LogP contribution in [-0.2, 0) is 4.79 Å². The lowest BCUT2D eigenvalue weighted by atomic mass is 10.1. The molecular formula is C10H20N2O3. The number of hydrogen-bond donors (Lipinski definition) is 4. The van der Waals surface area contributed by atoms with E-state index in [1.165, 1.54) is 0 Å². The summed E-state index contributed by atoms with van der Waals surface area (Å²) in [5.74, 6) is -0.0151. The van der Waals surface area contributed by atoms with Crippen molar-refractivity contribution in [3.8, 4) is 0 Å². The van der Waals surface area contributed by atoms with Crippen molar-refractivity contribution < 1.29 is 15.0 Å². The molecule has 1 saturated heterocycles. The van der Waals surface area contributed by atoms with Crippen LogP contribution in [0.4, 0.5) is 0 Å². The number of carbonyl (C=O) groups is 1. The van der Waals surface area contributed by atoms with Crippen molar-refractivity contribution in [3.05, 3.63) is 0 Å². The molecule has 1 aliphatic rings. The predicted molar refractivity (Wildman–Crippen MR) is 56.3 cm³/mol. The molecule has 15 heavy (non-hydrogen) atoms. The molecule has 5 nitrogen and oxygen atoms in total. The van der Waals surface area contributed by atoms with Crippen LogP contribution in [0.3, 0.4) is 0 Å². The molecule has 0 aromatic heterocycles. The number of hydrogen-bond acceptors (Lipinski definition) is 4. The number of aliphatic hydroxyl groups excluding tert-OH is 2. The van der Waals surface area contributed by atoms with Crippen molar-refractivity contribution in [1.82, 2.24) is 10.6 Å². The van der Waals surface area contributed by atoms with E-state index in [0.717, 1.165) is 0 Å². The Bertz CT molecular complexity index is 221. The molecule has 1 aliphatic heterocycles. The van der Waals surface area contributed by atoms with Crippen molar-refractivity contribution in [1.29, 1.82) is 0 Å². The van der Waals surface area contributed by atoms with Gasteiger partial charge >= 0.3 is 0 Å². The van der Waals surface area contributed by atoms with Crippen LogP contribution in [0, 0.1) is 5.92 Å². The van der Waals surface area contributed by atoms with Gasteiger partial charge in [0, 0.05) is 13.1 Å². The van der Waals surface area contributed by atoms with E-state index in [-0.39, 0.29) is 24.4 Å². The first-order valence-corrected chi connectivity index (χ1v) is 5.38. The van der Waals surface area contributed by atoms with Crippen LogP contribution in [0.25, 0.3) is 0 Å². The van der Waals surface area contributed by atoms with Gasteiger partial charge < -0.3 is 20.8 Å². The van der Waals surface area contributed by atoms with Crippen LogP contribution in [0.2, 0.25) is 0 Å². The zero-order chi connectivity index (χ0) is 11.4. The molecule has 1 amide bonds. The lowest BCUT2D eigenvalue weighted by Crippen LogP contribution is -2.44. The summed E-state index contributed by atoms with van der Waals surface area (Å²) >= 11 is 0. The summed E-state index contributed by atoms with van der Waals surface area (Å²) in [5, 5.41) is 24.3. The molecule has 0 spiro atoms. The minimum absolute atomic E-state index is 0.132. The first-order chi connectivity index (χ1) is 7.00. The number of carbonyl (C=O) groups excluding carboxylic acids is 1. The van der Waals surface area contributed by atoms with Crippen LogP contribution >= 0.6 is 0 Å². The standard InChI is InChI=1S/C10H20N2O3/c1-6(2)9(14)5-12-10(15)8-3-7(13)4-11-8/h6-9,11,13-14H,3-5H2,1-2H3,(H,12,15). The lowest BCUT2D eigenvalue weighted by molar-refractivity contribution is -0.123. The molecule has 0 radical (unpaired) electrons. The Kier molecular flexibility index (Phi) is 4.50. The van der Waals surface area contributed by atoms with Crippen LogP contribution in [0.15, 0.2) is 0 Å². The number of amides is 1. The minimum atomic E-state index is -0.514. The second-order valence-electron chi connectivity index (χ2n) is 4.41. The second kappa shape index (κ2) is 5.44. The van der Waals surface area contributed by atoms with Gasteiger partial charge in [-0.2, -0.15) is 0 Å². The highest BCUT2D eigenvalue weighted by atomic mass is 16.3. The molecule has 3 atom stereocenters. The third-order valence-corrected chi connectivity index (χ3v) is 2.68. The van der Waals surface area contributed by atoms with Gasteiger partial charge in [0.05, 0.1) is 18.2 Å². The lowest BCUT2D eigenvalue weighted by Gasteiger charge is -2.17. The Morgan fingerprint density at radius 1 is 1.60 bits per heavy atom. The summed E-state index contributed by atoms with van der Waals surface area (Å²) in [5.41, 5.74) is 0. The zero-order valence-electron chi connectivity index (χ0n) is 9.23. The summed E-state index contributed by atoms with van der Waals surface area (Å²) in [7, 11) is 0. The quantitative estimate of drug-likeness (QED) is 0.478. The highest BCUT2D eigenvalue weighted by Gasteiger charge is 2.28. The van der Waals surface area contributed by atoms with E-state index in [4.69, 9.17) is 0 Å². The monoisotopic (exact) mass is 216 g/mol. The van der Waals surface area contributed by atoms with E-state index >= 15 is 0 Å². The molecule has 1 heterocycles. The largest absolute Gasteiger partial charge is 0.392 e. The first-order valence-electron chi connectivity index (χ1n) is 5.38. The Morgan fingerprint density at radius 2 is 2.27 bits per heavy atom. The fraction of sp³-hybridized carbons (Fsp3) is 0.900. The Hall–Kier alpha value is -0.650.